The van der Waals surface area contributed by atoms with E-state index < -0.39 is 39.5 Å². The number of nitro groups is 1. The molecule has 1 rings (SSSR count). The van der Waals surface area contributed by atoms with Crippen LogP contribution in [-0.4, -0.2) is 30.4 Å². The fraction of sp³-hybridized carbons (Fsp3) is 0.273. The molecule has 0 bridgehead atoms. The molecule has 0 aromatic heterocycles. The minimum absolute atomic E-state index is 0.0513. The molecule has 0 saturated carbocycles. The first-order valence-electron chi connectivity index (χ1n) is 5.15. The Hall–Kier alpha value is -2.51. The molecule has 0 atom stereocenters. The summed E-state index contributed by atoms with van der Waals surface area (Å²) in [7, 11) is 1.08. The Morgan fingerprint density at radius 3 is 2.53 bits per heavy atom. The van der Waals surface area contributed by atoms with Gasteiger partial charge >= 0.3 is 5.97 Å². The summed E-state index contributed by atoms with van der Waals surface area (Å²) >= 11 is 0. The number of ether oxygens (including phenoxy) is 2. The average molecular weight is 271 g/mol. The molecule has 19 heavy (non-hydrogen) atoms. The van der Waals surface area contributed by atoms with E-state index in [2.05, 4.69) is 9.47 Å². The highest BCUT2D eigenvalue weighted by Gasteiger charge is 2.27. The Bertz CT molecular complexity index is 542. The summed E-state index contributed by atoms with van der Waals surface area (Å²) in [6.07, 6.45) is 0. The highest BCUT2D eigenvalue weighted by Crippen LogP contribution is 2.28. The van der Waals surface area contributed by atoms with E-state index in [1.165, 1.54) is 6.92 Å². The van der Waals surface area contributed by atoms with Crippen LogP contribution in [0.4, 0.5) is 10.1 Å². The van der Waals surface area contributed by atoms with Crippen LogP contribution in [0.1, 0.15) is 17.3 Å². The number of hydrogen-bond donors (Lipinski definition) is 0. The maximum Gasteiger partial charge on any atom is 0.379 e. The predicted octanol–water partition coefficient (Wildman–Crippen LogP) is 1.49. The molecule has 1 aromatic rings. The lowest BCUT2D eigenvalue weighted by Gasteiger charge is -2.08. The molecule has 102 valence electrons. The number of ketones is 1. The lowest BCUT2D eigenvalue weighted by Crippen LogP contribution is -2.19. The molecule has 8 heteroatoms. The standard InChI is InChI=1S/C11H10FNO6/c1-3-19-11(15)9(14)7-4-6(13(16)17)5-8(12)10(7)18-2/h4-5H,3H2,1-2H3. The number of hydrogen-bond acceptors (Lipinski definition) is 6. The second-order valence-electron chi connectivity index (χ2n) is 3.32. The van der Waals surface area contributed by atoms with Crippen LogP contribution in [-0.2, 0) is 9.53 Å². The molecule has 0 spiro atoms. The summed E-state index contributed by atoms with van der Waals surface area (Å²) in [6.45, 7) is 1.43. The monoisotopic (exact) mass is 271 g/mol. The maximum absolute atomic E-state index is 13.5. The van der Waals surface area contributed by atoms with E-state index in [9.17, 15) is 24.1 Å². The topological polar surface area (TPSA) is 95.7 Å². The van der Waals surface area contributed by atoms with Gasteiger partial charge in [-0.05, 0) is 6.92 Å². The molecule has 0 aliphatic carbocycles. The summed E-state index contributed by atoms with van der Waals surface area (Å²) in [6, 6.07) is 1.36. The largest absolute Gasteiger partial charge is 0.493 e. The number of methoxy groups -OCH3 is 1. The Morgan fingerprint density at radius 1 is 1.42 bits per heavy atom. The third-order valence-corrected chi connectivity index (χ3v) is 2.15. The van der Waals surface area contributed by atoms with Crippen LogP contribution in [0.5, 0.6) is 5.75 Å². The molecule has 0 aliphatic rings. The van der Waals surface area contributed by atoms with E-state index in [0.717, 1.165) is 13.2 Å². The molecule has 0 fully saturated rings. The zero-order valence-corrected chi connectivity index (χ0v) is 10.1. The Morgan fingerprint density at radius 2 is 2.05 bits per heavy atom. The fourth-order valence-electron chi connectivity index (χ4n) is 1.37. The smallest absolute Gasteiger partial charge is 0.379 e. The van der Waals surface area contributed by atoms with Crippen LogP contribution in [0.25, 0.3) is 0 Å². The van der Waals surface area contributed by atoms with Gasteiger partial charge in [0, 0.05) is 6.07 Å². The molecule has 0 amide bonds. The number of Topliss-reactive ketones (excluding diaryl/α,β-unsaturated/α-hetero) is 1. The molecule has 0 saturated heterocycles. The van der Waals surface area contributed by atoms with E-state index in [1.54, 1.807) is 0 Å². The van der Waals surface area contributed by atoms with Crippen molar-refractivity contribution in [1.29, 1.82) is 0 Å². The van der Waals surface area contributed by atoms with Crippen molar-refractivity contribution in [2.45, 2.75) is 6.92 Å². The molecular weight excluding hydrogens is 261 g/mol. The number of non-ortho nitro benzene ring substituents is 1. The number of nitro benzene ring substituents is 1. The Balaban J connectivity index is 3.35. The zero-order chi connectivity index (χ0) is 14.6. The molecule has 0 unspecified atom stereocenters. The van der Waals surface area contributed by atoms with Crippen molar-refractivity contribution < 1.29 is 28.4 Å². The molecule has 7 nitrogen and oxygen atoms in total. The quantitative estimate of drug-likeness (QED) is 0.264. The van der Waals surface area contributed by atoms with Gasteiger partial charge in [-0.1, -0.05) is 0 Å². The normalized spacial score (nSPS) is 9.84. The lowest BCUT2D eigenvalue weighted by molar-refractivity contribution is -0.385. The predicted molar refractivity (Wildman–Crippen MR) is 60.6 cm³/mol. The van der Waals surface area contributed by atoms with Crippen molar-refractivity contribution in [2.75, 3.05) is 13.7 Å². The van der Waals surface area contributed by atoms with Crippen molar-refractivity contribution in [1.82, 2.24) is 0 Å². The Labute approximate surface area is 107 Å². The van der Waals surface area contributed by atoms with Crippen molar-refractivity contribution in [3.05, 3.63) is 33.6 Å². The van der Waals surface area contributed by atoms with Gasteiger partial charge in [0.25, 0.3) is 11.5 Å². The van der Waals surface area contributed by atoms with Gasteiger partial charge in [0.1, 0.15) is 0 Å². The van der Waals surface area contributed by atoms with Crippen LogP contribution in [0.3, 0.4) is 0 Å². The van der Waals surface area contributed by atoms with Gasteiger partial charge in [-0.3, -0.25) is 14.9 Å². The third kappa shape index (κ3) is 3.03. The van der Waals surface area contributed by atoms with Crippen molar-refractivity contribution in [3.8, 4) is 5.75 Å². The van der Waals surface area contributed by atoms with Gasteiger partial charge in [0.15, 0.2) is 11.6 Å². The minimum atomic E-state index is -1.24. The van der Waals surface area contributed by atoms with Crippen LogP contribution < -0.4 is 4.74 Å². The van der Waals surface area contributed by atoms with Crippen LogP contribution in [0.15, 0.2) is 12.1 Å². The van der Waals surface area contributed by atoms with E-state index in [0.29, 0.717) is 6.07 Å². The molecule has 0 aliphatic heterocycles. The number of benzene rings is 1. The average Bonchev–Trinajstić information content (AvgIpc) is 2.36. The zero-order valence-electron chi connectivity index (χ0n) is 10.1. The van der Waals surface area contributed by atoms with Gasteiger partial charge in [-0.2, -0.15) is 0 Å². The van der Waals surface area contributed by atoms with Gasteiger partial charge in [0.05, 0.1) is 30.3 Å². The van der Waals surface area contributed by atoms with E-state index in [4.69, 9.17) is 0 Å². The summed E-state index contributed by atoms with van der Waals surface area (Å²) in [5, 5.41) is 10.6. The summed E-state index contributed by atoms with van der Waals surface area (Å²) in [5.74, 6) is -4.09. The van der Waals surface area contributed by atoms with Gasteiger partial charge in [-0.25, -0.2) is 9.18 Å². The first kappa shape index (κ1) is 14.6. The number of nitrogens with zero attached hydrogens (tertiary/aromatic N) is 1. The van der Waals surface area contributed by atoms with E-state index in [-0.39, 0.29) is 6.61 Å². The van der Waals surface area contributed by atoms with Crippen LogP contribution >= 0.6 is 0 Å². The summed E-state index contributed by atoms with van der Waals surface area (Å²) in [4.78, 5) is 32.7. The van der Waals surface area contributed by atoms with Gasteiger partial charge in [0.2, 0.25) is 0 Å². The molecule has 1 aromatic carbocycles. The number of carbonyl (C=O) groups is 2. The van der Waals surface area contributed by atoms with Crippen LogP contribution in [0, 0.1) is 15.9 Å². The Kier molecular flexibility index (Phi) is 4.51. The highest BCUT2D eigenvalue weighted by atomic mass is 19.1. The third-order valence-electron chi connectivity index (χ3n) is 2.15. The SMILES string of the molecule is CCOC(=O)C(=O)c1cc([N+](=O)[O-])cc(F)c1OC. The number of halogens is 1. The van der Waals surface area contributed by atoms with Crippen molar-refractivity contribution in [3.63, 3.8) is 0 Å². The second-order valence-corrected chi connectivity index (χ2v) is 3.32. The summed E-state index contributed by atoms with van der Waals surface area (Å²) in [5.41, 5.74) is -1.21. The molecule has 0 N–H and O–H groups in total. The highest BCUT2D eigenvalue weighted by molar-refractivity contribution is 6.41. The molecular formula is C11H10FNO6. The van der Waals surface area contributed by atoms with Gasteiger partial charge in [-0.15, -0.1) is 0 Å². The number of carbonyl (C=O) groups excluding carboxylic acids is 2. The number of esters is 1. The van der Waals surface area contributed by atoms with Crippen LogP contribution in [0.2, 0.25) is 0 Å². The number of rotatable bonds is 5. The van der Waals surface area contributed by atoms with Crippen molar-refractivity contribution >= 4 is 17.4 Å². The van der Waals surface area contributed by atoms with E-state index >= 15 is 0 Å². The lowest BCUT2D eigenvalue weighted by atomic mass is 10.1. The minimum Gasteiger partial charge on any atom is -0.493 e. The fourth-order valence-corrected chi connectivity index (χ4v) is 1.37. The van der Waals surface area contributed by atoms with Crippen molar-refractivity contribution in [2.24, 2.45) is 0 Å². The molecule has 0 heterocycles. The maximum atomic E-state index is 13.5. The molecule has 0 radical (unpaired) electrons. The second kappa shape index (κ2) is 5.89. The summed E-state index contributed by atoms with van der Waals surface area (Å²) < 4.78 is 22.6. The first-order valence-corrected chi connectivity index (χ1v) is 5.15. The first-order chi connectivity index (χ1) is 8.92. The van der Waals surface area contributed by atoms with E-state index in [1.807, 2.05) is 0 Å². The van der Waals surface area contributed by atoms with Gasteiger partial charge < -0.3 is 9.47 Å².